The number of carboxylic acids is 1. The summed E-state index contributed by atoms with van der Waals surface area (Å²) >= 11 is 0. The molecule has 2 aromatic carbocycles. The fourth-order valence-corrected chi connectivity index (χ4v) is 4.51. The highest BCUT2D eigenvalue weighted by Crippen LogP contribution is 2.24. The van der Waals surface area contributed by atoms with Gasteiger partial charge in [-0.2, -0.15) is 12.7 Å². The normalized spacial score (nSPS) is 12.8. The minimum absolute atomic E-state index is 0.146. The first-order valence-electron chi connectivity index (χ1n) is 10.7. The zero-order valence-corrected chi connectivity index (χ0v) is 20.4. The van der Waals surface area contributed by atoms with Gasteiger partial charge in [0.25, 0.3) is 10.2 Å². The number of hydrogen-bond donors (Lipinski definition) is 2. The van der Waals surface area contributed by atoms with Crippen LogP contribution in [0.4, 0.5) is 0 Å². The third-order valence-electron chi connectivity index (χ3n) is 5.33. The average molecular weight is 488 g/mol. The monoisotopic (exact) mass is 487 g/mol. The van der Waals surface area contributed by atoms with Crippen LogP contribution in [0.3, 0.4) is 0 Å². The Hall–Kier alpha value is -3.21. The molecule has 3 aromatic rings. The molecule has 34 heavy (non-hydrogen) atoms. The summed E-state index contributed by atoms with van der Waals surface area (Å²) in [6.07, 6.45) is 0. The van der Waals surface area contributed by atoms with Crippen molar-refractivity contribution >= 4 is 16.2 Å². The van der Waals surface area contributed by atoms with Crippen molar-refractivity contribution in [3.05, 3.63) is 71.1 Å². The second-order valence-electron chi connectivity index (χ2n) is 8.44. The lowest BCUT2D eigenvalue weighted by Crippen LogP contribution is -2.50. The van der Waals surface area contributed by atoms with E-state index in [4.69, 9.17) is 14.3 Å². The summed E-state index contributed by atoms with van der Waals surface area (Å²) in [5, 5.41) is 14.9. The Balaban J connectivity index is 1.76. The third kappa shape index (κ3) is 6.22. The van der Waals surface area contributed by atoms with E-state index in [1.165, 1.54) is 0 Å². The Bertz CT molecular complexity index is 1250. The first-order valence-corrected chi connectivity index (χ1v) is 12.2. The Kier molecular flexibility index (Phi) is 7.75. The maximum Gasteiger partial charge on any atom is 0.322 e. The van der Waals surface area contributed by atoms with E-state index < -0.39 is 28.1 Å². The number of aliphatic carboxylic acids is 1. The van der Waals surface area contributed by atoms with Gasteiger partial charge in [-0.3, -0.25) is 4.79 Å². The summed E-state index contributed by atoms with van der Waals surface area (Å²) in [7, 11) is -4.26. The van der Waals surface area contributed by atoms with E-state index in [1.54, 1.807) is 38.1 Å². The average Bonchev–Trinajstić information content (AvgIpc) is 3.12. The molecule has 0 bridgehead atoms. The topological polar surface area (TPSA) is 136 Å². The van der Waals surface area contributed by atoms with Crippen LogP contribution in [0.25, 0.3) is 11.5 Å². The molecule has 1 heterocycles. The van der Waals surface area contributed by atoms with E-state index in [1.807, 2.05) is 38.1 Å². The highest BCUT2D eigenvalue weighted by molar-refractivity contribution is 7.86. The van der Waals surface area contributed by atoms with Gasteiger partial charge in [-0.15, -0.1) is 0 Å². The van der Waals surface area contributed by atoms with Crippen LogP contribution in [0.1, 0.15) is 36.4 Å². The standard InChI is InChI=1S/C24H29N3O6S/c1-15(2)22(24(28)29)27(34(25,30)31)13-18-6-5-7-20(12-18)32-14-21-17(4)33-23(26-21)19-10-8-16(3)9-11-19/h5-12,15,22H,13-14H2,1-4H3,(H,28,29)(H2,25,30,31)/t22-/m0/s1. The van der Waals surface area contributed by atoms with Crippen LogP contribution >= 0.6 is 0 Å². The van der Waals surface area contributed by atoms with E-state index in [-0.39, 0.29) is 13.2 Å². The number of ether oxygens (including phenoxy) is 1. The lowest BCUT2D eigenvalue weighted by atomic mass is 10.0. The Morgan fingerprint density at radius 1 is 1.18 bits per heavy atom. The quantitative estimate of drug-likeness (QED) is 0.445. The van der Waals surface area contributed by atoms with E-state index in [0.29, 0.717) is 28.7 Å². The van der Waals surface area contributed by atoms with Crippen molar-refractivity contribution in [1.82, 2.24) is 9.29 Å². The molecule has 0 aliphatic heterocycles. The molecule has 0 fully saturated rings. The van der Waals surface area contributed by atoms with E-state index >= 15 is 0 Å². The maximum absolute atomic E-state index is 12.1. The molecule has 3 N–H and O–H groups in total. The van der Waals surface area contributed by atoms with Gasteiger partial charge in [-0.1, -0.05) is 43.7 Å². The lowest BCUT2D eigenvalue weighted by Gasteiger charge is -2.28. The number of aryl methyl sites for hydroxylation is 2. The summed E-state index contributed by atoms with van der Waals surface area (Å²) in [6.45, 7) is 7.01. The zero-order valence-electron chi connectivity index (χ0n) is 19.6. The molecule has 1 atom stereocenters. The zero-order chi connectivity index (χ0) is 25.0. The molecule has 0 amide bonds. The molecule has 0 aliphatic carbocycles. The van der Waals surface area contributed by atoms with Gasteiger partial charge >= 0.3 is 5.97 Å². The van der Waals surface area contributed by atoms with Gasteiger partial charge in [-0.25, -0.2) is 10.1 Å². The Morgan fingerprint density at radius 3 is 2.44 bits per heavy atom. The Morgan fingerprint density at radius 2 is 1.85 bits per heavy atom. The van der Waals surface area contributed by atoms with Crippen LogP contribution in [0.15, 0.2) is 52.9 Å². The predicted octanol–water partition coefficient (Wildman–Crippen LogP) is 3.65. The minimum Gasteiger partial charge on any atom is -0.487 e. The van der Waals surface area contributed by atoms with Crippen molar-refractivity contribution in [1.29, 1.82) is 0 Å². The van der Waals surface area contributed by atoms with Crippen LogP contribution in [-0.4, -0.2) is 34.8 Å². The summed E-state index contributed by atoms with van der Waals surface area (Å²) in [5.74, 6) is -0.131. The van der Waals surface area contributed by atoms with Gasteiger partial charge in [-0.05, 0) is 49.6 Å². The van der Waals surface area contributed by atoms with E-state index in [9.17, 15) is 18.3 Å². The first-order chi connectivity index (χ1) is 16.0. The van der Waals surface area contributed by atoms with Crippen LogP contribution in [0.5, 0.6) is 5.75 Å². The van der Waals surface area contributed by atoms with Gasteiger partial charge in [0, 0.05) is 12.1 Å². The summed E-state index contributed by atoms with van der Waals surface area (Å²) < 4.78 is 36.7. The summed E-state index contributed by atoms with van der Waals surface area (Å²) in [6, 6.07) is 13.3. The van der Waals surface area contributed by atoms with Crippen LogP contribution in [0, 0.1) is 19.8 Å². The molecule has 10 heteroatoms. The molecule has 0 aliphatic rings. The maximum atomic E-state index is 12.1. The van der Waals surface area contributed by atoms with Crippen molar-refractivity contribution in [2.75, 3.05) is 0 Å². The van der Waals surface area contributed by atoms with Gasteiger partial charge in [0.15, 0.2) is 0 Å². The molecule has 182 valence electrons. The SMILES string of the molecule is Cc1ccc(-c2nc(COc3cccc(CN([C@H](C(=O)O)C(C)C)S(N)(=O)=O)c3)c(C)o2)cc1. The molecule has 9 nitrogen and oxygen atoms in total. The second-order valence-corrected chi connectivity index (χ2v) is 9.94. The summed E-state index contributed by atoms with van der Waals surface area (Å²) in [4.78, 5) is 16.2. The Labute approximate surface area is 199 Å². The van der Waals surface area contributed by atoms with Crippen LogP contribution in [-0.2, 0) is 28.2 Å². The van der Waals surface area contributed by atoms with Crippen LogP contribution in [0.2, 0.25) is 0 Å². The third-order valence-corrected chi connectivity index (χ3v) is 6.34. The number of rotatable bonds is 10. The smallest absolute Gasteiger partial charge is 0.322 e. The number of aromatic nitrogens is 1. The summed E-state index contributed by atoms with van der Waals surface area (Å²) in [5.41, 5.74) is 3.18. The van der Waals surface area contributed by atoms with Gasteiger partial charge in [0.1, 0.15) is 29.9 Å². The minimum atomic E-state index is -4.26. The largest absolute Gasteiger partial charge is 0.487 e. The van der Waals surface area contributed by atoms with Gasteiger partial charge < -0.3 is 14.3 Å². The highest BCUT2D eigenvalue weighted by atomic mass is 32.2. The molecular weight excluding hydrogens is 458 g/mol. The van der Waals surface area contributed by atoms with E-state index in [2.05, 4.69) is 4.98 Å². The molecule has 0 radical (unpaired) electrons. The van der Waals surface area contributed by atoms with Crippen molar-refractivity contribution in [3.8, 4) is 17.2 Å². The van der Waals surface area contributed by atoms with Crippen LogP contribution < -0.4 is 9.88 Å². The molecule has 0 saturated heterocycles. The fourth-order valence-electron chi connectivity index (χ4n) is 3.53. The number of oxazole rings is 1. The van der Waals surface area contributed by atoms with Gasteiger partial charge in [0.2, 0.25) is 5.89 Å². The fraction of sp³-hybridized carbons (Fsp3) is 0.333. The first kappa shape index (κ1) is 25.4. The molecular formula is C24H29N3O6S. The number of hydrogen-bond acceptors (Lipinski definition) is 6. The molecule has 1 aromatic heterocycles. The van der Waals surface area contributed by atoms with Crippen molar-refractivity contribution in [2.24, 2.45) is 11.1 Å². The highest BCUT2D eigenvalue weighted by Gasteiger charge is 2.35. The van der Waals surface area contributed by atoms with Crippen molar-refractivity contribution in [3.63, 3.8) is 0 Å². The molecule has 0 unspecified atom stereocenters. The molecule has 0 spiro atoms. The van der Waals surface area contributed by atoms with Crippen molar-refractivity contribution < 1.29 is 27.5 Å². The lowest BCUT2D eigenvalue weighted by molar-refractivity contribution is -0.143. The molecule has 0 saturated carbocycles. The predicted molar refractivity (Wildman–Crippen MR) is 127 cm³/mol. The molecule has 3 rings (SSSR count). The van der Waals surface area contributed by atoms with Crippen molar-refractivity contribution in [2.45, 2.75) is 46.9 Å². The number of nitrogens with two attached hydrogens (primary N) is 1. The van der Waals surface area contributed by atoms with Gasteiger partial charge in [0.05, 0.1) is 0 Å². The number of carboxylic acid groups (broad SMARTS) is 1. The number of benzene rings is 2. The van der Waals surface area contributed by atoms with E-state index in [0.717, 1.165) is 15.4 Å². The number of nitrogens with zero attached hydrogens (tertiary/aromatic N) is 2. The second kappa shape index (κ2) is 10.4. The number of carbonyl (C=O) groups is 1.